The highest BCUT2D eigenvalue weighted by atomic mass is 16.3. The third-order valence-corrected chi connectivity index (χ3v) is 3.15. The smallest absolute Gasteiger partial charge is 0.122 e. The minimum atomic E-state index is 0.142. The molecule has 4 heteroatoms. The molecule has 0 aliphatic heterocycles. The van der Waals surface area contributed by atoms with Gasteiger partial charge in [0.2, 0.25) is 0 Å². The molecular formula is C14H19N3O. The molecule has 0 saturated heterocycles. The zero-order valence-corrected chi connectivity index (χ0v) is 10.8. The van der Waals surface area contributed by atoms with E-state index < -0.39 is 0 Å². The number of para-hydroxylation sites is 1. The number of aromatic nitrogens is 2. The maximum absolute atomic E-state index is 9.86. The van der Waals surface area contributed by atoms with Crippen molar-refractivity contribution in [3.63, 3.8) is 0 Å². The molecule has 1 unspecified atom stereocenters. The molecule has 4 nitrogen and oxygen atoms in total. The fourth-order valence-corrected chi connectivity index (χ4v) is 2.04. The molecule has 0 spiro atoms. The average Bonchev–Trinajstić information content (AvgIpc) is 2.78. The van der Waals surface area contributed by atoms with Gasteiger partial charge in [-0.05, 0) is 12.5 Å². The fraction of sp³-hybridized carbons (Fsp3) is 0.357. The van der Waals surface area contributed by atoms with Crippen LogP contribution in [0, 0.1) is 0 Å². The number of benzene rings is 1. The highest BCUT2D eigenvalue weighted by Crippen LogP contribution is 2.25. The third kappa shape index (κ3) is 2.71. The van der Waals surface area contributed by atoms with Gasteiger partial charge in [-0.1, -0.05) is 25.1 Å². The Hall–Kier alpha value is -1.81. The zero-order chi connectivity index (χ0) is 13.0. The topological polar surface area (TPSA) is 50.1 Å². The van der Waals surface area contributed by atoms with Gasteiger partial charge < -0.3 is 15.0 Å². The molecule has 96 valence electrons. The normalized spacial score (nSPS) is 12.6. The van der Waals surface area contributed by atoms with Gasteiger partial charge in [0.25, 0.3) is 0 Å². The van der Waals surface area contributed by atoms with E-state index >= 15 is 0 Å². The SMILES string of the molecule is CCC(NCc1nccn1C)c1ccccc1O. The molecule has 0 bridgehead atoms. The Kier molecular flexibility index (Phi) is 3.99. The lowest BCUT2D eigenvalue weighted by Gasteiger charge is -2.18. The maximum Gasteiger partial charge on any atom is 0.122 e. The third-order valence-electron chi connectivity index (χ3n) is 3.15. The molecule has 1 aromatic carbocycles. The van der Waals surface area contributed by atoms with Crippen LogP contribution in [0.1, 0.15) is 30.8 Å². The van der Waals surface area contributed by atoms with Crippen LogP contribution < -0.4 is 5.32 Å². The highest BCUT2D eigenvalue weighted by molar-refractivity contribution is 5.34. The Bertz CT molecular complexity index is 507. The summed E-state index contributed by atoms with van der Waals surface area (Å²) in [6, 6.07) is 7.60. The zero-order valence-electron chi connectivity index (χ0n) is 10.8. The molecule has 0 saturated carbocycles. The van der Waals surface area contributed by atoms with Crippen molar-refractivity contribution in [1.82, 2.24) is 14.9 Å². The number of phenols is 1. The van der Waals surface area contributed by atoms with E-state index in [0.29, 0.717) is 12.3 Å². The van der Waals surface area contributed by atoms with E-state index in [0.717, 1.165) is 17.8 Å². The molecular weight excluding hydrogens is 226 g/mol. The summed E-state index contributed by atoms with van der Waals surface area (Å²) in [6.07, 6.45) is 4.64. The first-order chi connectivity index (χ1) is 8.72. The first kappa shape index (κ1) is 12.6. The van der Waals surface area contributed by atoms with E-state index in [-0.39, 0.29) is 6.04 Å². The highest BCUT2D eigenvalue weighted by Gasteiger charge is 2.13. The molecule has 18 heavy (non-hydrogen) atoms. The van der Waals surface area contributed by atoms with Crippen molar-refractivity contribution in [1.29, 1.82) is 0 Å². The van der Waals surface area contributed by atoms with Crippen LogP contribution in [-0.4, -0.2) is 14.7 Å². The molecule has 1 atom stereocenters. The summed E-state index contributed by atoms with van der Waals surface area (Å²) >= 11 is 0. The summed E-state index contributed by atoms with van der Waals surface area (Å²) in [4.78, 5) is 4.28. The number of nitrogens with zero attached hydrogens (tertiary/aromatic N) is 2. The standard InChI is InChI=1S/C14H19N3O/c1-3-12(11-6-4-5-7-13(11)18)16-10-14-15-8-9-17(14)2/h4-9,12,16,18H,3,10H2,1-2H3. The van der Waals surface area contributed by atoms with Crippen molar-refractivity contribution in [3.8, 4) is 5.75 Å². The molecule has 0 aliphatic carbocycles. The predicted molar refractivity (Wildman–Crippen MR) is 71.2 cm³/mol. The van der Waals surface area contributed by atoms with Gasteiger partial charge in [-0.15, -0.1) is 0 Å². The number of aryl methyl sites for hydroxylation is 1. The summed E-state index contributed by atoms with van der Waals surface area (Å²) in [5.41, 5.74) is 0.939. The van der Waals surface area contributed by atoms with E-state index in [1.165, 1.54) is 0 Å². The summed E-state index contributed by atoms with van der Waals surface area (Å²) in [7, 11) is 1.98. The largest absolute Gasteiger partial charge is 0.508 e. The van der Waals surface area contributed by atoms with E-state index in [1.807, 2.05) is 36.0 Å². The van der Waals surface area contributed by atoms with Crippen LogP contribution in [0.4, 0.5) is 0 Å². The number of rotatable bonds is 5. The second kappa shape index (κ2) is 5.69. The van der Waals surface area contributed by atoms with E-state index in [4.69, 9.17) is 0 Å². The van der Waals surface area contributed by atoms with Gasteiger partial charge in [-0.25, -0.2) is 4.98 Å². The molecule has 2 N–H and O–H groups in total. The van der Waals surface area contributed by atoms with Gasteiger partial charge in [0.15, 0.2) is 0 Å². The van der Waals surface area contributed by atoms with E-state index in [1.54, 1.807) is 12.3 Å². The van der Waals surface area contributed by atoms with Crippen molar-refractivity contribution in [2.75, 3.05) is 0 Å². The van der Waals surface area contributed by atoms with Crippen molar-refractivity contribution < 1.29 is 5.11 Å². The van der Waals surface area contributed by atoms with E-state index in [9.17, 15) is 5.11 Å². The molecule has 2 rings (SSSR count). The van der Waals surface area contributed by atoms with Gasteiger partial charge >= 0.3 is 0 Å². The minimum Gasteiger partial charge on any atom is -0.508 e. The molecule has 2 aromatic rings. The van der Waals surface area contributed by atoms with Gasteiger partial charge in [0.05, 0.1) is 6.54 Å². The molecule has 0 amide bonds. The second-order valence-corrected chi connectivity index (χ2v) is 4.35. The quantitative estimate of drug-likeness (QED) is 0.850. The molecule has 0 aliphatic rings. The summed E-state index contributed by atoms with van der Waals surface area (Å²) < 4.78 is 1.99. The van der Waals surface area contributed by atoms with Crippen molar-refractivity contribution in [3.05, 3.63) is 48.0 Å². The Labute approximate surface area is 107 Å². The van der Waals surface area contributed by atoms with Crippen LogP contribution in [0.2, 0.25) is 0 Å². The number of imidazole rings is 1. The number of nitrogens with one attached hydrogen (secondary N) is 1. The second-order valence-electron chi connectivity index (χ2n) is 4.35. The van der Waals surface area contributed by atoms with Crippen LogP contribution >= 0.6 is 0 Å². The number of hydrogen-bond acceptors (Lipinski definition) is 3. The van der Waals surface area contributed by atoms with Crippen LogP contribution in [0.3, 0.4) is 0 Å². The lowest BCUT2D eigenvalue weighted by atomic mass is 10.0. The number of hydrogen-bond donors (Lipinski definition) is 2. The van der Waals surface area contributed by atoms with Crippen LogP contribution in [0.15, 0.2) is 36.7 Å². The van der Waals surface area contributed by atoms with Gasteiger partial charge in [-0.2, -0.15) is 0 Å². The molecule has 1 heterocycles. The summed E-state index contributed by atoms with van der Waals surface area (Å²) in [5, 5.41) is 13.3. The fourth-order valence-electron chi connectivity index (χ4n) is 2.04. The molecule has 0 fully saturated rings. The van der Waals surface area contributed by atoms with Crippen LogP contribution in [0.25, 0.3) is 0 Å². The van der Waals surface area contributed by atoms with Gasteiger partial charge in [0, 0.05) is 31.0 Å². The lowest BCUT2D eigenvalue weighted by Crippen LogP contribution is -2.22. The van der Waals surface area contributed by atoms with E-state index in [2.05, 4.69) is 17.2 Å². The van der Waals surface area contributed by atoms with Crippen LogP contribution in [0.5, 0.6) is 5.75 Å². The first-order valence-electron chi connectivity index (χ1n) is 6.19. The Balaban J connectivity index is 2.07. The van der Waals surface area contributed by atoms with Gasteiger partial charge in [0.1, 0.15) is 11.6 Å². The molecule has 1 aromatic heterocycles. The van der Waals surface area contributed by atoms with Crippen molar-refractivity contribution >= 4 is 0 Å². The predicted octanol–water partition coefficient (Wildman–Crippen LogP) is 2.37. The van der Waals surface area contributed by atoms with Crippen LogP contribution in [-0.2, 0) is 13.6 Å². The van der Waals surface area contributed by atoms with Gasteiger partial charge in [-0.3, -0.25) is 0 Å². The average molecular weight is 245 g/mol. The van der Waals surface area contributed by atoms with Crippen molar-refractivity contribution in [2.45, 2.75) is 25.9 Å². The Morgan fingerprint density at radius 3 is 2.78 bits per heavy atom. The number of phenolic OH excluding ortho intramolecular Hbond substituents is 1. The molecule has 0 radical (unpaired) electrons. The Morgan fingerprint density at radius 1 is 1.39 bits per heavy atom. The minimum absolute atomic E-state index is 0.142. The monoisotopic (exact) mass is 245 g/mol. The summed E-state index contributed by atoms with van der Waals surface area (Å²) in [5.74, 6) is 1.33. The van der Waals surface area contributed by atoms with Crippen molar-refractivity contribution in [2.24, 2.45) is 7.05 Å². The Morgan fingerprint density at radius 2 is 2.17 bits per heavy atom. The first-order valence-corrected chi connectivity index (χ1v) is 6.19. The number of aromatic hydroxyl groups is 1. The maximum atomic E-state index is 9.86. The lowest BCUT2D eigenvalue weighted by molar-refractivity contribution is 0.437. The summed E-state index contributed by atoms with van der Waals surface area (Å²) in [6.45, 7) is 2.79.